The van der Waals surface area contributed by atoms with Gasteiger partial charge in [-0.1, -0.05) is 19.0 Å². The summed E-state index contributed by atoms with van der Waals surface area (Å²) in [5, 5.41) is 7.55. The molecule has 3 fully saturated rings. The predicted molar refractivity (Wildman–Crippen MR) is 84.7 cm³/mol. The lowest BCUT2D eigenvalue weighted by molar-refractivity contribution is -0.134. The summed E-state index contributed by atoms with van der Waals surface area (Å²) in [7, 11) is 0. The first-order valence-corrected chi connectivity index (χ1v) is 8.95. The van der Waals surface area contributed by atoms with Gasteiger partial charge in [-0.15, -0.1) is 0 Å². The summed E-state index contributed by atoms with van der Waals surface area (Å²) in [4.78, 5) is 19.6. The van der Waals surface area contributed by atoms with E-state index in [4.69, 9.17) is 4.52 Å². The molecule has 3 heterocycles. The molecule has 2 aliphatic heterocycles. The molecule has 3 aliphatic rings. The highest BCUT2D eigenvalue weighted by Crippen LogP contribution is 2.59. The Kier molecular flexibility index (Phi) is 3.67. The topological polar surface area (TPSA) is 71.3 Å². The molecule has 1 aromatic rings. The monoisotopic (exact) mass is 318 g/mol. The standard InChI is InChI=1S/C17H26N4O2/c1-11(2)15-19-14(20-23-15)13-4-3-9-21(13)16(22)12-10-17(12)5-7-18-8-6-17/h11-13,18H,3-10H2,1-2H3. The molecule has 4 rings (SSSR count). The van der Waals surface area contributed by atoms with Crippen molar-refractivity contribution in [3.05, 3.63) is 11.7 Å². The van der Waals surface area contributed by atoms with Gasteiger partial charge in [-0.05, 0) is 50.6 Å². The fourth-order valence-corrected chi connectivity index (χ4v) is 4.29. The number of likely N-dealkylation sites (tertiary alicyclic amines) is 1. The third kappa shape index (κ3) is 2.57. The summed E-state index contributed by atoms with van der Waals surface area (Å²) in [5.41, 5.74) is 0.288. The van der Waals surface area contributed by atoms with Gasteiger partial charge in [0.05, 0.1) is 6.04 Å². The van der Waals surface area contributed by atoms with Crippen molar-refractivity contribution in [3.8, 4) is 0 Å². The van der Waals surface area contributed by atoms with Crippen LogP contribution in [-0.4, -0.2) is 40.6 Å². The molecule has 2 saturated heterocycles. The zero-order valence-corrected chi connectivity index (χ0v) is 14.0. The highest BCUT2D eigenvalue weighted by atomic mass is 16.5. The second kappa shape index (κ2) is 5.58. The van der Waals surface area contributed by atoms with E-state index >= 15 is 0 Å². The van der Waals surface area contributed by atoms with E-state index in [2.05, 4.69) is 15.5 Å². The summed E-state index contributed by atoms with van der Waals surface area (Å²) < 4.78 is 5.35. The third-order valence-electron chi connectivity index (χ3n) is 5.87. The number of aromatic nitrogens is 2. The Balaban J connectivity index is 1.48. The number of nitrogens with zero attached hydrogens (tertiary/aromatic N) is 3. The normalized spacial score (nSPS) is 29.4. The number of carbonyl (C=O) groups excluding carboxylic acids is 1. The molecule has 126 valence electrons. The minimum absolute atomic E-state index is 0.0121. The van der Waals surface area contributed by atoms with Crippen LogP contribution in [0.15, 0.2) is 4.52 Å². The van der Waals surface area contributed by atoms with Crippen LogP contribution in [-0.2, 0) is 4.79 Å². The molecule has 0 radical (unpaired) electrons. The summed E-state index contributed by atoms with van der Waals surface area (Å²) in [5.74, 6) is 2.13. The summed E-state index contributed by atoms with van der Waals surface area (Å²) >= 11 is 0. The Morgan fingerprint density at radius 2 is 2.17 bits per heavy atom. The molecule has 2 atom stereocenters. The Morgan fingerprint density at radius 1 is 1.39 bits per heavy atom. The fourth-order valence-electron chi connectivity index (χ4n) is 4.29. The third-order valence-corrected chi connectivity index (χ3v) is 5.87. The quantitative estimate of drug-likeness (QED) is 0.925. The maximum atomic E-state index is 13.0. The van der Waals surface area contributed by atoms with E-state index in [9.17, 15) is 4.79 Å². The smallest absolute Gasteiger partial charge is 0.229 e. The van der Waals surface area contributed by atoms with Crippen LogP contribution in [0.4, 0.5) is 0 Å². The van der Waals surface area contributed by atoms with Gasteiger partial charge in [0.15, 0.2) is 5.82 Å². The number of carbonyl (C=O) groups is 1. The van der Waals surface area contributed by atoms with Gasteiger partial charge < -0.3 is 14.7 Å². The summed E-state index contributed by atoms with van der Waals surface area (Å²) in [6.07, 6.45) is 5.33. The SMILES string of the molecule is CC(C)c1nc(C2CCCN2C(=O)C2CC23CCNCC3)no1. The summed E-state index contributed by atoms with van der Waals surface area (Å²) in [6.45, 7) is 7.02. The molecule has 2 unspecified atom stereocenters. The van der Waals surface area contributed by atoms with Crippen molar-refractivity contribution in [1.82, 2.24) is 20.4 Å². The molecule has 1 aromatic heterocycles. The van der Waals surface area contributed by atoms with Crippen molar-refractivity contribution in [1.29, 1.82) is 0 Å². The molecule has 1 saturated carbocycles. The summed E-state index contributed by atoms with van der Waals surface area (Å²) in [6, 6.07) is 0.0121. The van der Waals surface area contributed by atoms with E-state index in [1.54, 1.807) is 0 Å². The zero-order valence-electron chi connectivity index (χ0n) is 14.0. The lowest BCUT2D eigenvalue weighted by atomic mass is 9.91. The maximum Gasteiger partial charge on any atom is 0.229 e. The average molecular weight is 318 g/mol. The van der Waals surface area contributed by atoms with Crippen LogP contribution in [0, 0.1) is 11.3 Å². The van der Waals surface area contributed by atoms with Crippen molar-refractivity contribution < 1.29 is 9.32 Å². The molecule has 1 spiro atoms. The van der Waals surface area contributed by atoms with Crippen molar-refractivity contribution >= 4 is 5.91 Å². The second-order valence-corrected chi connectivity index (χ2v) is 7.70. The first-order valence-electron chi connectivity index (χ1n) is 8.95. The number of hydrogen-bond donors (Lipinski definition) is 1. The van der Waals surface area contributed by atoms with Gasteiger partial charge in [0.1, 0.15) is 0 Å². The Labute approximate surface area is 137 Å². The van der Waals surface area contributed by atoms with Gasteiger partial charge >= 0.3 is 0 Å². The van der Waals surface area contributed by atoms with Crippen LogP contribution >= 0.6 is 0 Å². The van der Waals surface area contributed by atoms with Crippen molar-refractivity contribution in [2.45, 2.75) is 57.9 Å². The van der Waals surface area contributed by atoms with Crippen LogP contribution in [0.5, 0.6) is 0 Å². The van der Waals surface area contributed by atoms with Gasteiger partial charge in [0.25, 0.3) is 0 Å². The van der Waals surface area contributed by atoms with Gasteiger partial charge in [0.2, 0.25) is 11.8 Å². The predicted octanol–water partition coefficient (Wildman–Crippen LogP) is 2.25. The lowest BCUT2D eigenvalue weighted by Gasteiger charge is -2.27. The second-order valence-electron chi connectivity index (χ2n) is 7.70. The lowest BCUT2D eigenvalue weighted by Crippen LogP contribution is -2.36. The van der Waals surface area contributed by atoms with Crippen molar-refractivity contribution in [3.63, 3.8) is 0 Å². The van der Waals surface area contributed by atoms with Crippen LogP contribution in [0.2, 0.25) is 0 Å². The molecule has 1 amide bonds. The molecule has 0 bridgehead atoms. The number of nitrogens with one attached hydrogen (secondary N) is 1. The number of rotatable bonds is 3. The molecule has 23 heavy (non-hydrogen) atoms. The molecule has 6 nitrogen and oxygen atoms in total. The van der Waals surface area contributed by atoms with Crippen LogP contribution in [0.25, 0.3) is 0 Å². The largest absolute Gasteiger partial charge is 0.339 e. The van der Waals surface area contributed by atoms with Gasteiger partial charge in [-0.25, -0.2) is 0 Å². The number of piperidine rings is 1. The van der Waals surface area contributed by atoms with Crippen molar-refractivity contribution in [2.75, 3.05) is 19.6 Å². The van der Waals surface area contributed by atoms with E-state index in [-0.39, 0.29) is 23.3 Å². The zero-order chi connectivity index (χ0) is 16.0. The van der Waals surface area contributed by atoms with Gasteiger partial charge in [-0.3, -0.25) is 4.79 Å². The van der Waals surface area contributed by atoms with E-state index in [1.165, 1.54) is 0 Å². The minimum Gasteiger partial charge on any atom is -0.339 e. The van der Waals surface area contributed by atoms with Gasteiger partial charge in [-0.2, -0.15) is 4.98 Å². The molecular formula is C17H26N4O2. The maximum absolute atomic E-state index is 13.0. The Bertz CT molecular complexity index is 591. The molecule has 1 N–H and O–H groups in total. The van der Waals surface area contributed by atoms with Gasteiger partial charge in [0, 0.05) is 18.4 Å². The van der Waals surface area contributed by atoms with Crippen LogP contribution in [0.3, 0.4) is 0 Å². The number of amides is 1. The highest BCUT2D eigenvalue weighted by Gasteiger charge is 2.59. The molecule has 0 aromatic carbocycles. The highest BCUT2D eigenvalue weighted by molar-refractivity contribution is 5.83. The number of hydrogen-bond acceptors (Lipinski definition) is 5. The first-order chi connectivity index (χ1) is 11.1. The molecule has 6 heteroatoms. The first kappa shape index (κ1) is 15.1. The van der Waals surface area contributed by atoms with E-state index in [0.29, 0.717) is 17.6 Å². The molecular weight excluding hydrogens is 292 g/mol. The molecule has 1 aliphatic carbocycles. The minimum atomic E-state index is 0.0121. The van der Waals surface area contributed by atoms with Crippen LogP contribution < -0.4 is 5.32 Å². The van der Waals surface area contributed by atoms with Crippen molar-refractivity contribution in [2.24, 2.45) is 11.3 Å². The Hall–Kier alpha value is -1.43. The van der Waals surface area contributed by atoms with E-state index in [0.717, 1.165) is 51.7 Å². The van der Waals surface area contributed by atoms with E-state index < -0.39 is 0 Å². The van der Waals surface area contributed by atoms with Crippen LogP contribution in [0.1, 0.15) is 69.6 Å². The average Bonchev–Trinajstić information content (AvgIpc) is 2.98. The van der Waals surface area contributed by atoms with E-state index in [1.807, 2.05) is 18.7 Å². The fraction of sp³-hybridized carbons (Fsp3) is 0.824. The Morgan fingerprint density at radius 3 is 2.87 bits per heavy atom.